The normalized spacial score (nSPS) is 10.4. The maximum atomic E-state index is 3.46. The third kappa shape index (κ3) is 3.70. The number of nitrogens with zero attached hydrogens (tertiary/aromatic N) is 1. The zero-order chi connectivity index (χ0) is 18.5. The van der Waals surface area contributed by atoms with E-state index in [9.17, 15) is 0 Å². The Bertz CT molecular complexity index is 1120. The highest BCUT2D eigenvalue weighted by molar-refractivity contribution is 6.09. The maximum Gasteiger partial charge on any atom is 0.0490 e. The Kier molecular flexibility index (Phi) is 4.88. The van der Waals surface area contributed by atoms with Crippen LogP contribution in [0.3, 0.4) is 0 Å². The van der Waals surface area contributed by atoms with Crippen molar-refractivity contribution in [2.24, 2.45) is 7.05 Å². The molecular weight excluding hydrogens is 328 g/mol. The van der Waals surface area contributed by atoms with Crippen molar-refractivity contribution in [3.8, 4) is 0 Å². The first-order valence-electron chi connectivity index (χ1n) is 9.12. The molecule has 1 N–H and O–H groups in total. The average molecular weight is 350 g/mol. The van der Waals surface area contributed by atoms with Crippen molar-refractivity contribution in [2.45, 2.75) is 0 Å². The number of aromatic nitrogens is 1. The molecule has 0 spiro atoms. The molecule has 0 bridgehead atoms. The summed E-state index contributed by atoms with van der Waals surface area (Å²) in [6, 6.07) is 37.3. The molecule has 0 radical (unpaired) electrons. The van der Waals surface area contributed by atoms with Crippen LogP contribution in [0, 0.1) is 0 Å². The van der Waals surface area contributed by atoms with Crippen LogP contribution in [0.2, 0.25) is 0 Å². The van der Waals surface area contributed by atoms with Crippen LogP contribution in [0.4, 0.5) is 11.4 Å². The van der Waals surface area contributed by atoms with E-state index in [1.165, 1.54) is 21.8 Å². The fraction of sp³-hybridized carbons (Fsp3) is 0.0400. The number of benzene rings is 4. The topological polar surface area (TPSA) is 17.0 Å². The largest absolute Gasteiger partial charge is 0.356 e. The molecule has 132 valence electrons. The van der Waals surface area contributed by atoms with Gasteiger partial charge in [0.25, 0.3) is 0 Å². The summed E-state index contributed by atoms with van der Waals surface area (Å²) in [6.45, 7) is 0. The minimum Gasteiger partial charge on any atom is -0.356 e. The van der Waals surface area contributed by atoms with E-state index in [-0.39, 0.29) is 0 Å². The highest BCUT2D eigenvalue weighted by Gasteiger charge is 2.07. The highest BCUT2D eigenvalue weighted by Crippen LogP contribution is 2.30. The summed E-state index contributed by atoms with van der Waals surface area (Å²) < 4.78 is 2.25. The van der Waals surface area contributed by atoms with Gasteiger partial charge < -0.3 is 9.88 Å². The summed E-state index contributed by atoms with van der Waals surface area (Å²) in [5.41, 5.74) is 4.75. The van der Waals surface area contributed by atoms with Gasteiger partial charge in [-0.05, 0) is 36.4 Å². The van der Waals surface area contributed by atoms with Crippen molar-refractivity contribution in [3.63, 3.8) is 0 Å². The number of anilines is 2. The first-order chi connectivity index (χ1) is 13.3. The van der Waals surface area contributed by atoms with Crippen molar-refractivity contribution in [2.75, 3.05) is 5.32 Å². The lowest BCUT2D eigenvalue weighted by molar-refractivity contribution is 1.01. The van der Waals surface area contributed by atoms with E-state index < -0.39 is 0 Å². The standard InChI is InChI=1S/C19H16N2.C6H6/c1-21-18-10-6-5-9-16(18)17-13-15(11-12-19(17)21)20-14-7-3-2-4-8-14;1-2-4-6-5-3-1/h2-13,20H,1H3;1-6H. The fourth-order valence-corrected chi connectivity index (χ4v) is 3.32. The number of hydrogen-bond acceptors (Lipinski definition) is 1. The fourth-order valence-electron chi connectivity index (χ4n) is 3.32. The molecule has 27 heavy (non-hydrogen) atoms. The monoisotopic (exact) mass is 350 g/mol. The van der Waals surface area contributed by atoms with Crippen molar-refractivity contribution < 1.29 is 0 Å². The molecule has 1 heterocycles. The van der Waals surface area contributed by atoms with Gasteiger partial charge in [-0.2, -0.15) is 0 Å². The quantitative estimate of drug-likeness (QED) is 0.372. The van der Waals surface area contributed by atoms with Gasteiger partial charge in [0.2, 0.25) is 0 Å². The van der Waals surface area contributed by atoms with E-state index in [0.29, 0.717) is 0 Å². The maximum absolute atomic E-state index is 3.46. The van der Waals surface area contributed by atoms with E-state index in [4.69, 9.17) is 0 Å². The molecule has 0 saturated heterocycles. The smallest absolute Gasteiger partial charge is 0.0490 e. The third-order valence-electron chi connectivity index (χ3n) is 4.64. The van der Waals surface area contributed by atoms with Crippen LogP contribution in [-0.2, 0) is 7.05 Å². The minimum absolute atomic E-state index is 1.11. The van der Waals surface area contributed by atoms with E-state index in [0.717, 1.165) is 11.4 Å². The SMILES string of the molecule is Cn1c2ccccc2c2cc(Nc3ccccc3)ccc21.c1ccccc1. The van der Waals surface area contributed by atoms with Crippen LogP contribution in [0.15, 0.2) is 109 Å². The Labute approximate surface area is 159 Å². The molecule has 0 aliphatic heterocycles. The van der Waals surface area contributed by atoms with Crippen LogP contribution >= 0.6 is 0 Å². The molecule has 0 aliphatic rings. The van der Waals surface area contributed by atoms with Crippen LogP contribution in [0.25, 0.3) is 21.8 Å². The van der Waals surface area contributed by atoms with E-state index in [1.54, 1.807) is 0 Å². The summed E-state index contributed by atoms with van der Waals surface area (Å²) in [5, 5.41) is 6.04. The van der Waals surface area contributed by atoms with Crippen LogP contribution in [-0.4, -0.2) is 4.57 Å². The molecule has 5 aromatic rings. The molecule has 4 aromatic carbocycles. The van der Waals surface area contributed by atoms with Gasteiger partial charge in [0.05, 0.1) is 0 Å². The van der Waals surface area contributed by atoms with Gasteiger partial charge in [-0.3, -0.25) is 0 Å². The highest BCUT2D eigenvalue weighted by atomic mass is 14.9. The second kappa shape index (κ2) is 7.79. The Morgan fingerprint density at radius 3 is 1.78 bits per heavy atom. The summed E-state index contributed by atoms with van der Waals surface area (Å²) in [5.74, 6) is 0. The van der Waals surface area contributed by atoms with Crippen molar-refractivity contribution in [1.82, 2.24) is 4.57 Å². The van der Waals surface area contributed by atoms with Crippen LogP contribution in [0.5, 0.6) is 0 Å². The Hall–Kier alpha value is -3.52. The molecule has 2 nitrogen and oxygen atoms in total. The molecule has 0 aliphatic carbocycles. The Morgan fingerprint density at radius 2 is 1.07 bits per heavy atom. The second-order valence-corrected chi connectivity index (χ2v) is 6.45. The number of hydrogen-bond donors (Lipinski definition) is 1. The number of aryl methyl sites for hydroxylation is 1. The van der Waals surface area contributed by atoms with Gasteiger partial charge in [-0.15, -0.1) is 0 Å². The second-order valence-electron chi connectivity index (χ2n) is 6.45. The van der Waals surface area contributed by atoms with Crippen molar-refractivity contribution >= 4 is 33.2 Å². The molecule has 5 rings (SSSR count). The van der Waals surface area contributed by atoms with Gasteiger partial charge in [0.15, 0.2) is 0 Å². The summed E-state index contributed by atoms with van der Waals surface area (Å²) in [7, 11) is 2.12. The molecule has 0 saturated carbocycles. The molecule has 1 aromatic heterocycles. The zero-order valence-corrected chi connectivity index (χ0v) is 15.3. The van der Waals surface area contributed by atoms with Crippen LogP contribution < -0.4 is 5.32 Å². The van der Waals surface area contributed by atoms with Gasteiger partial charge in [-0.1, -0.05) is 72.8 Å². The van der Waals surface area contributed by atoms with Crippen LogP contribution in [0.1, 0.15) is 0 Å². The van der Waals surface area contributed by atoms with E-state index in [1.807, 2.05) is 54.6 Å². The lowest BCUT2D eigenvalue weighted by atomic mass is 10.1. The van der Waals surface area contributed by atoms with Crippen molar-refractivity contribution in [1.29, 1.82) is 0 Å². The number of para-hydroxylation sites is 2. The summed E-state index contributed by atoms with van der Waals surface area (Å²) in [4.78, 5) is 0. The van der Waals surface area contributed by atoms with Crippen molar-refractivity contribution in [3.05, 3.63) is 109 Å². The predicted octanol–water partition coefficient (Wildman–Crippen LogP) is 6.76. The molecule has 0 unspecified atom stereocenters. The Balaban J connectivity index is 0.000000257. The van der Waals surface area contributed by atoms with Gasteiger partial charge >= 0.3 is 0 Å². The first kappa shape index (κ1) is 16.9. The van der Waals surface area contributed by atoms with E-state index >= 15 is 0 Å². The molecule has 0 amide bonds. The van der Waals surface area contributed by atoms with Gasteiger partial charge in [0, 0.05) is 40.2 Å². The van der Waals surface area contributed by atoms with Gasteiger partial charge in [-0.25, -0.2) is 0 Å². The number of nitrogens with one attached hydrogen (secondary N) is 1. The Morgan fingerprint density at radius 1 is 0.519 bits per heavy atom. The number of fused-ring (bicyclic) bond motifs is 3. The van der Waals surface area contributed by atoms with E-state index in [2.05, 4.69) is 71.5 Å². The first-order valence-corrected chi connectivity index (χ1v) is 9.12. The number of rotatable bonds is 2. The minimum atomic E-state index is 1.11. The zero-order valence-electron chi connectivity index (χ0n) is 15.3. The predicted molar refractivity (Wildman–Crippen MR) is 117 cm³/mol. The lowest BCUT2D eigenvalue weighted by Gasteiger charge is -2.06. The van der Waals surface area contributed by atoms with Gasteiger partial charge in [0.1, 0.15) is 0 Å². The summed E-state index contributed by atoms with van der Waals surface area (Å²) >= 11 is 0. The lowest BCUT2D eigenvalue weighted by Crippen LogP contribution is -1.90. The summed E-state index contributed by atoms with van der Waals surface area (Å²) in [6.07, 6.45) is 0. The molecule has 0 atom stereocenters. The molecular formula is C25H22N2. The third-order valence-corrected chi connectivity index (χ3v) is 4.64. The average Bonchev–Trinajstić information content (AvgIpc) is 3.03. The molecule has 0 fully saturated rings. The molecule has 2 heteroatoms.